The highest BCUT2D eigenvalue weighted by molar-refractivity contribution is 5.86. The Hall–Kier alpha value is -1.45. The maximum Gasteiger partial charge on any atom is 0.356 e. The van der Waals surface area contributed by atoms with Crippen LogP contribution in [0.3, 0.4) is 0 Å². The van der Waals surface area contributed by atoms with Crippen LogP contribution in [-0.4, -0.2) is 23.0 Å². The molecule has 80 valence electrons. The van der Waals surface area contributed by atoms with E-state index in [1.807, 2.05) is 0 Å². The zero-order chi connectivity index (χ0) is 10.7. The number of nitrogens with zero attached hydrogens (tertiary/aromatic N) is 2. The second-order valence-corrected chi connectivity index (χ2v) is 3.77. The Morgan fingerprint density at radius 3 is 2.87 bits per heavy atom. The van der Waals surface area contributed by atoms with E-state index in [0.717, 1.165) is 18.7 Å². The first kappa shape index (κ1) is 10.1. The summed E-state index contributed by atoms with van der Waals surface area (Å²) in [6.45, 7) is 0. The molecule has 0 N–H and O–H groups in total. The maximum absolute atomic E-state index is 11.3. The van der Waals surface area contributed by atoms with E-state index in [2.05, 4.69) is 14.7 Å². The van der Waals surface area contributed by atoms with Gasteiger partial charge in [-0.1, -0.05) is 12.8 Å². The van der Waals surface area contributed by atoms with E-state index in [1.165, 1.54) is 20.0 Å². The molecule has 2 rings (SSSR count). The summed E-state index contributed by atoms with van der Waals surface area (Å²) >= 11 is 0. The molecule has 1 aromatic heterocycles. The molecule has 1 aliphatic carbocycles. The van der Waals surface area contributed by atoms with E-state index in [0.29, 0.717) is 11.6 Å². The predicted molar refractivity (Wildman–Crippen MR) is 54.6 cm³/mol. The average molecular weight is 206 g/mol. The normalized spacial score (nSPS) is 16.6. The number of hydrogen-bond acceptors (Lipinski definition) is 4. The number of esters is 1. The van der Waals surface area contributed by atoms with Crippen molar-refractivity contribution in [2.24, 2.45) is 0 Å². The summed E-state index contributed by atoms with van der Waals surface area (Å²) in [5.41, 5.74) is 0.356. The van der Waals surface area contributed by atoms with Gasteiger partial charge in [-0.25, -0.2) is 14.8 Å². The molecule has 0 aliphatic heterocycles. The monoisotopic (exact) mass is 206 g/mol. The Bertz CT molecular complexity index is 359. The van der Waals surface area contributed by atoms with Gasteiger partial charge in [0, 0.05) is 12.1 Å². The Kier molecular flexibility index (Phi) is 2.94. The first-order valence-corrected chi connectivity index (χ1v) is 5.22. The van der Waals surface area contributed by atoms with Crippen molar-refractivity contribution >= 4 is 5.97 Å². The van der Waals surface area contributed by atoms with Gasteiger partial charge in [0.25, 0.3) is 0 Å². The molecule has 1 saturated carbocycles. The largest absolute Gasteiger partial charge is 0.464 e. The van der Waals surface area contributed by atoms with Gasteiger partial charge in [0.1, 0.15) is 5.82 Å². The fourth-order valence-electron chi connectivity index (χ4n) is 1.97. The lowest BCUT2D eigenvalue weighted by atomic mass is 10.1. The number of methoxy groups -OCH3 is 1. The van der Waals surface area contributed by atoms with Gasteiger partial charge < -0.3 is 4.74 Å². The van der Waals surface area contributed by atoms with Crippen molar-refractivity contribution in [2.75, 3.05) is 7.11 Å². The number of rotatable bonds is 2. The first-order valence-electron chi connectivity index (χ1n) is 5.22. The smallest absolute Gasteiger partial charge is 0.356 e. The van der Waals surface area contributed by atoms with E-state index >= 15 is 0 Å². The molecule has 4 heteroatoms. The minimum absolute atomic E-state index is 0.356. The minimum atomic E-state index is -0.392. The zero-order valence-electron chi connectivity index (χ0n) is 8.77. The van der Waals surface area contributed by atoms with Crippen LogP contribution in [0.25, 0.3) is 0 Å². The second-order valence-electron chi connectivity index (χ2n) is 3.77. The van der Waals surface area contributed by atoms with Gasteiger partial charge in [0.05, 0.1) is 7.11 Å². The van der Waals surface area contributed by atoms with Crippen LogP contribution in [0.2, 0.25) is 0 Å². The van der Waals surface area contributed by atoms with Crippen molar-refractivity contribution in [3.05, 3.63) is 23.8 Å². The summed E-state index contributed by atoms with van der Waals surface area (Å²) in [6.07, 6.45) is 6.36. The zero-order valence-corrected chi connectivity index (χ0v) is 8.77. The summed E-state index contributed by atoms with van der Waals surface area (Å²) in [5, 5.41) is 0. The molecule has 0 saturated heterocycles. The van der Waals surface area contributed by atoms with Crippen molar-refractivity contribution < 1.29 is 9.53 Å². The van der Waals surface area contributed by atoms with Crippen molar-refractivity contribution in [2.45, 2.75) is 31.6 Å². The third-order valence-electron chi connectivity index (χ3n) is 2.79. The third kappa shape index (κ3) is 2.14. The average Bonchev–Trinajstić information content (AvgIpc) is 2.82. The molecule has 0 amide bonds. The highest BCUT2D eigenvalue weighted by Gasteiger charge is 2.20. The number of ether oxygens (including phenoxy) is 1. The molecule has 1 fully saturated rings. The van der Waals surface area contributed by atoms with Crippen molar-refractivity contribution in [1.29, 1.82) is 0 Å². The van der Waals surface area contributed by atoms with E-state index in [1.54, 1.807) is 12.3 Å². The van der Waals surface area contributed by atoms with Gasteiger partial charge in [-0.15, -0.1) is 0 Å². The fraction of sp³-hybridized carbons (Fsp3) is 0.545. The van der Waals surface area contributed by atoms with Gasteiger partial charge in [-0.2, -0.15) is 0 Å². The van der Waals surface area contributed by atoms with Crippen molar-refractivity contribution in [1.82, 2.24) is 9.97 Å². The van der Waals surface area contributed by atoms with Crippen LogP contribution < -0.4 is 0 Å². The molecule has 4 nitrogen and oxygen atoms in total. The van der Waals surface area contributed by atoms with E-state index < -0.39 is 5.97 Å². The third-order valence-corrected chi connectivity index (χ3v) is 2.79. The summed E-state index contributed by atoms with van der Waals surface area (Å²) in [7, 11) is 1.36. The van der Waals surface area contributed by atoms with E-state index in [4.69, 9.17) is 0 Å². The van der Waals surface area contributed by atoms with Gasteiger partial charge in [-0.05, 0) is 18.9 Å². The predicted octanol–water partition coefficient (Wildman–Crippen LogP) is 1.92. The molecule has 0 aromatic carbocycles. The SMILES string of the molecule is COC(=O)c1ccnc(C2CCCC2)n1. The molecule has 15 heavy (non-hydrogen) atoms. The minimum Gasteiger partial charge on any atom is -0.464 e. The van der Waals surface area contributed by atoms with E-state index in [9.17, 15) is 4.79 Å². The first-order chi connectivity index (χ1) is 7.31. The van der Waals surface area contributed by atoms with E-state index in [-0.39, 0.29) is 0 Å². The van der Waals surface area contributed by atoms with Crippen LogP contribution >= 0.6 is 0 Å². The molecular weight excluding hydrogens is 192 g/mol. The second kappa shape index (κ2) is 4.38. The van der Waals surface area contributed by atoms with Crippen LogP contribution in [0.1, 0.15) is 47.9 Å². The topological polar surface area (TPSA) is 52.1 Å². The lowest BCUT2D eigenvalue weighted by molar-refractivity contribution is 0.0593. The molecule has 0 bridgehead atoms. The summed E-state index contributed by atoms with van der Waals surface area (Å²) in [4.78, 5) is 19.7. The quantitative estimate of drug-likeness (QED) is 0.694. The Morgan fingerprint density at radius 2 is 2.20 bits per heavy atom. The molecule has 0 radical (unpaired) electrons. The lowest BCUT2D eigenvalue weighted by Crippen LogP contribution is -2.09. The molecule has 1 heterocycles. The Balaban J connectivity index is 2.21. The van der Waals surface area contributed by atoms with Crippen LogP contribution in [0, 0.1) is 0 Å². The molecule has 0 atom stereocenters. The lowest BCUT2D eigenvalue weighted by Gasteiger charge is -2.07. The Labute approximate surface area is 88.7 Å². The Morgan fingerprint density at radius 1 is 1.47 bits per heavy atom. The molecule has 1 aromatic rings. The van der Waals surface area contributed by atoms with Crippen molar-refractivity contribution in [3.8, 4) is 0 Å². The molecule has 1 aliphatic rings. The molecular formula is C11H14N2O2. The fourth-order valence-corrected chi connectivity index (χ4v) is 1.97. The van der Waals surface area contributed by atoms with Crippen molar-refractivity contribution in [3.63, 3.8) is 0 Å². The summed E-state index contributed by atoms with van der Waals surface area (Å²) < 4.78 is 4.62. The highest BCUT2D eigenvalue weighted by atomic mass is 16.5. The van der Waals surface area contributed by atoms with Crippen LogP contribution in [0.5, 0.6) is 0 Å². The van der Waals surface area contributed by atoms with Gasteiger partial charge in [0.15, 0.2) is 5.69 Å². The summed E-state index contributed by atoms with van der Waals surface area (Å²) in [6, 6.07) is 1.59. The standard InChI is InChI=1S/C11H14N2O2/c1-15-11(14)9-6-7-12-10(13-9)8-4-2-3-5-8/h6-8H,2-5H2,1H3. The van der Waals surface area contributed by atoms with Crippen LogP contribution in [0.15, 0.2) is 12.3 Å². The van der Waals surface area contributed by atoms with Crippen LogP contribution in [-0.2, 0) is 4.74 Å². The molecule has 0 unspecified atom stereocenters. The highest BCUT2D eigenvalue weighted by Crippen LogP contribution is 2.31. The van der Waals surface area contributed by atoms with Crippen LogP contribution in [0.4, 0.5) is 0 Å². The van der Waals surface area contributed by atoms with Gasteiger partial charge in [-0.3, -0.25) is 0 Å². The number of hydrogen-bond donors (Lipinski definition) is 0. The number of carbonyl (C=O) groups is 1. The molecule has 0 spiro atoms. The maximum atomic E-state index is 11.3. The van der Waals surface area contributed by atoms with Gasteiger partial charge in [0.2, 0.25) is 0 Å². The summed E-state index contributed by atoms with van der Waals surface area (Å²) in [5.74, 6) is 0.821. The number of carbonyl (C=O) groups excluding carboxylic acids is 1. The van der Waals surface area contributed by atoms with Gasteiger partial charge >= 0.3 is 5.97 Å². The number of aromatic nitrogens is 2.